The number of nitrogen functional groups attached to an aromatic ring is 1. The normalized spacial score (nSPS) is 8.50. The van der Waals surface area contributed by atoms with Crippen LogP contribution in [0.2, 0.25) is 0 Å². The predicted molar refractivity (Wildman–Crippen MR) is 41.2 cm³/mol. The van der Waals surface area contributed by atoms with E-state index in [-0.39, 0.29) is 29.6 Å². The molecule has 0 atom stereocenters. The molecule has 0 bridgehead atoms. The van der Waals surface area contributed by atoms with Crippen LogP contribution in [-0.2, 0) is 12.6 Å². The Hall–Kier alpha value is 0.240. The van der Waals surface area contributed by atoms with E-state index in [1.165, 1.54) is 0 Å². The van der Waals surface area contributed by atoms with Gasteiger partial charge in [-0.15, -0.1) is 0 Å². The van der Waals surface area contributed by atoms with Gasteiger partial charge < -0.3 is 18.4 Å². The molecule has 0 radical (unpaired) electrons. The Kier molecular flexibility index (Phi) is 4.29. The van der Waals surface area contributed by atoms with E-state index in [4.69, 9.17) is 18.4 Å². The van der Waals surface area contributed by atoms with E-state index in [0.717, 1.165) is 10.5 Å². The Morgan fingerprint density at radius 1 is 1.40 bits per heavy atom. The number of anilines is 1. The zero-order valence-electron chi connectivity index (χ0n) is 6.22. The second-order valence-electron chi connectivity index (χ2n) is 2.04. The van der Waals surface area contributed by atoms with E-state index < -0.39 is 0 Å². The molecule has 1 aromatic carbocycles. The van der Waals surface area contributed by atoms with Gasteiger partial charge in [0.15, 0.2) is 0 Å². The first kappa shape index (κ1) is 10.2. The van der Waals surface area contributed by atoms with E-state index in [1.54, 1.807) is 0 Å². The van der Waals surface area contributed by atoms with Gasteiger partial charge in [-0.3, -0.25) is 0 Å². The summed E-state index contributed by atoms with van der Waals surface area (Å²) in [6.45, 7) is 1.99. The number of hydrogen-bond acceptors (Lipinski definition) is 2. The van der Waals surface area contributed by atoms with E-state index in [9.17, 15) is 0 Å². The summed E-state index contributed by atoms with van der Waals surface area (Å²) in [5, 5.41) is 0. The van der Waals surface area contributed by atoms with Gasteiger partial charge in [-0.05, 0) is 18.6 Å². The van der Waals surface area contributed by atoms with Crippen LogP contribution in [0, 0.1) is 6.92 Å². The minimum Gasteiger partial charge on any atom is -0.778 e. The molecule has 0 spiro atoms. The molecule has 0 aromatic heterocycles. The van der Waals surface area contributed by atoms with Crippen LogP contribution < -0.4 is 35.3 Å². The van der Waals surface area contributed by atoms with Gasteiger partial charge in [-0.1, -0.05) is 12.1 Å². The Morgan fingerprint density at radius 2 is 2.00 bits per heavy atom. The second-order valence-corrected chi connectivity index (χ2v) is 2.48. The fourth-order valence-corrected chi connectivity index (χ4v) is 0.795. The number of rotatable bonds is 0. The molecule has 0 aliphatic rings. The first-order valence-corrected chi connectivity index (χ1v) is 3.14. The quantitative estimate of drug-likeness (QED) is 0.284. The SMILES string of the molecule is Cc1ccc([S-])c(N)c1.[Na+]. The molecule has 1 aromatic rings. The Bertz CT molecular complexity index is 225. The molecule has 1 nitrogen and oxygen atoms in total. The maximum absolute atomic E-state index is 5.52. The predicted octanol–water partition coefficient (Wildman–Crippen LogP) is -1.51. The maximum Gasteiger partial charge on any atom is 1.00 e. The zero-order valence-corrected chi connectivity index (χ0v) is 9.03. The third-order valence-corrected chi connectivity index (χ3v) is 1.54. The van der Waals surface area contributed by atoms with Gasteiger partial charge in [-0.2, -0.15) is 4.90 Å². The molecule has 0 unspecified atom stereocenters. The van der Waals surface area contributed by atoms with E-state index in [1.807, 2.05) is 25.1 Å². The molecule has 0 aliphatic carbocycles. The van der Waals surface area contributed by atoms with Crippen LogP contribution in [0.3, 0.4) is 0 Å². The zero-order chi connectivity index (χ0) is 6.85. The van der Waals surface area contributed by atoms with Gasteiger partial charge in [0.05, 0.1) is 0 Å². The summed E-state index contributed by atoms with van der Waals surface area (Å²) in [4.78, 5) is 0.737. The van der Waals surface area contributed by atoms with Crippen molar-refractivity contribution in [2.45, 2.75) is 11.8 Å². The largest absolute Gasteiger partial charge is 1.00 e. The summed E-state index contributed by atoms with van der Waals surface area (Å²) in [6.07, 6.45) is 0. The van der Waals surface area contributed by atoms with Gasteiger partial charge in [0, 0.05) is 5.69 Å². The van der Waals surface area contributed by atoms with Gasteiger partial charge in [0.2, 0.25) is 0 Å². The summed E-state index contributed by atoms with van der Waals surface area (Å²) >= 11 is 4.89. The van der Waals surface area contributed by atoms with Crippen LogP contribution >= 0.6 is 0 Å². The van der Waals surface area contributed by atoms with Crippen LogP contribution in [-0.4, -0.2) is 0 Å². The van der Waals surface area contributed by atoms with Crippen molar-refractivity contribution in [3.8, 4) is 0 Å². The second kappa shape index (κ2) is 4.19. The molecule has 0 amide bonds. The molecule has 0 fully saturated rings. The average molecular weight is 161 g/mol. The fourth-order valence-electron chi connectivity index (χ4n) is 0.668. The third-order valence-electron chi connectivity index (χ3n) is 1.17. The number of nitrogens with two attached hydrogens (primary N) is 1. The molecule has 48 valence electrons. The Balaban J connectivity index is 0.000000810. The van der Waals surface area contributed by atoms with Crippen molar-refractivity contribution in [3.05, 3.63) is 23.8 Å². The standard InChI is InChI=1S/C7H9NS.Na/c1-5-2-3-7(9)6(8)4-5;/h2-4,9H,8H2,1H3;/q;+1/p-1. The topological polar surface area (TPSA) is 26.0 Å². The average Bonchev–Trinajstić information content (AvgIpc) is 1.80. The summed E-state index contributed by atoms with van der Waals surface area (Å²) < 4.78 is 0. The third kappa shape index (κ3) is 2.46. The van der Waals surface area contributed by atoms with Crippen LogP contribution in [0.1, 0.15) is 5.56 Å². The molecule has 2 N–H and O–H groups in total. The summed E-state index contributed by atoms with van der Waals surface area (Å²) in [5.74, 6) is 0. The number of benzene rings is 1. The summed E-state index contributed by atoms with van der Waals surface area (Å²) in [5.41, 5.74) is 7.37. The van der Waals surface area contributed by atoms with Crippen molar-refractivity contribution in [2.75, 3.05) is 5.73 Å². The molecule has 3 heteroatoms. The Labute approximate surface area is 88.7 Å². The van der Waals surface area contributed by atoms with Gasteiger partial charge in [-0.25, -0.2) is 0 Å². The molecule has 0 saturated carbocycles. The van der Waals surface area contributed by atoms with Crippen molar-refractivity contribution < 1.29 is 29.6 Å². The van der Waals surface area contributed by atoms with E-state index >= 15 is 0 Å². The fraction of sp³-hybridized carbons (Fsp3) is 0.143. The number of hydrogen-bond donors (Lipinski definition) is 1. The maximum atomic E-state index is 5.52. The summed E-state index contributed by atoms with van der Waals surface area (Å²) in [6, 6.07) is 5.68. The van der Waals surface area contributed by atoms with Gasteiger partial charge >= 0.3 is 29.6 Å². The van der Waals surface area contributed by atoms with Crippen molar-refractivity contribution in [2.24, 2.45) is 0 Å². The molecular formula is C7H8NNaS. The molecule has 10 heavy (non-hydrogen) atoms. The van der Waals surface area contributed by atoms with E-state index in [2.05, 4.69) is 0 Å². The van der Waals surface area contributed by atoms with Crippen LogP contribution in [0.15, 0.2) is 23.1 Å². The monoisotopic (exact) mass is 161 g/mol. The molecular weight excluding hydrogens is 153 g/mol. The van der Waals surface area contributed by atoms with Crippen molar-refractivity contribution in [1.29, 1.82) is 0 Å². The molecule has 0 heterocycles. The Morgan fingerprint density at radius 3 is 2.40 bits per heavy atom. The first-order chi connectivity index (χ1) is 4.20. The minimum absolute atomic E-state index is 0. The van der Waals surface area contributed by atoms with E-state index in [0.29, 0.717) is 5.69 Å². The first-order valence-electron chi connectivity index (χ1n) is 2.73. The minimum atomic E-state index is 0. The molecule has 0 saturated heterocycles. The molecule has 0 aliphatic heterocycles. The summed E-state index contributed by atoms with van der Waals surface area (Å²) in [7, 11) is 0. The van der Waals surface area contributed by atoms with Gasteiger partial charge in [0.1, 0.15) is 0 Å². The smallest absolute Gasteiger partial charge is 0.778 e. The van der Waals surface area contributed by atoms with Crippen molar-refractivity contribution in [3.63, 3.8) is 0 Å². The van der Waals surface area contributed by atoms with Crippen LogP contribution in [0.4, 0.5) is 5.69 Å². The molecule has 1 rings (SSSR count). The van der Waals surface area contributed by atoms with Crippen molar-refractivity contribution in [1.82, 2.24) is 0 Å². The van der Waals surface area contributed by atoms with Gasteiger partial charge in [0.25, 0.3) is 0 Å². The number of aryl methyl sites for hydroxylation is 1. The van der Waals surface area contributed by atoms with Crippen LogP contribution in [0.25, 0.3) is 0 Å². The van der Waals surface area contributed by atoms with Crippen LogP contribution in [0.5, 0.6) is 0 Å². The van der Waals surface area contributed by atoms with Crippen molar-refractivity contribution >= 4 is 18.3 Å².